The first-order chi connectivity index (χ1) is 33.6. The van der Waals surface area contributed by atoms with Crippen LogP contribution in [0.15, 0.2) is 134 Å². The van der Waals surface area contributed by atoms with E-state index in [1.807, 2.05) is 97.1 Å². The van der Waals surface area contributed by atoms with Gasteiger partial charge in [0.05, 0.1) is 12.6 Å². The highest BCUT2D eigenvalue weighted by Crippen LogP contribution is 2.31. The van der Waals surface area contributed by atoms with Crippen molar-refractivity contribution in [2.45, 2.75) is 56.9 Å². The molecule has 18 heteroatoms. The third-order valence-corrected chi connectivity index (χ3v) is 11.9. The molecular formula is C52H65Cl2N9O7. The van der Waals surface area contributed by atoms with Crippen LogP contribution in [-0.2, 0) is 33.9 Å². The van der Waals surface area contributed by atoms with E-state index in [1.54, 1.807) is 6.07 Å². The van der Waals surface area contributed by atoms with E-state index in [4.69, 9.17) is 61.5 Å². The second kappa shape index (κ2) is 29.6. The molecule has 1 saturated heterocycles. The second-order valence-electron chi connectivity index (χ2n) is 16.7. The van der Waals surface area contributed by atoms with E-state index in [0.717, 1.165) is 84.3 Å². The van der Waals surface area contributed by atoms with Crippen LogP contribution in [-0.4, -0.2) is 112 Å². The summed E-state index contributed by atoms with van der Waals surface area (Å²) in [5, 5.41) is 32.9. The Hall–Kier alpha value is -6.34. The summed E-state index contributed by atoms with van der Waals surface area (Å²) in [6, 6.07) is 38.7. The molecular weight excluding hydrogens is 934 g/mol. The zero-order valence-corrected chi connectivity index (χ0v) is 40.8. The first kappa shape index (κ1) is 56.2. The number of nitrogens with zero attached hydrogens (tertiary/aromatic N) is 3. The number of nitrogens with one attached hydrogen (secondary N) is 2. The number of hydrogen-bond donors (Lipinski definition) is 9. The number of urea groups is 1. The standard InChI is InChI=1S/C24H27Cl2N5O3.C13H13N.C9H11NO2.C6H14N2O2/c1-29-7-9-30(10-8-29)13-16-14-31(15-19-20(25)3-2-4-21(19)26)22-6-5-17(11-18(16)22)28-24(34)27-12-23(32)33;14-13(11-7-3-1-4-8-11)12-9-5-2-6-10-12;10-8(9(11)12)6-7-4-2-1-3-5-7;7-4-2-1-3-5(8)6(9)10/h2-6,11,14H,7-10,12-13,15H2,1H3,(H,32,33)(H2,27,28,34);1-10,13H,14H2;1-5,8H,6,10H2,(H,11,12);5H,1-4,7-8H2,(H,9,10)/t;;8-;5-/m..00/s1. The maximum atomic E-state index is 12.1. The fourth-order valence-corrected chi connectivity index (χ4v) is 7.75. The van der Waals surface area contributed by atoms with Crippen molar-refractivity contribution < 1.29 is 34.5 Å². The van der Waals surface area contributed by atoms with Crippen LogP contribution in [0.2, 0.25) is 10.0 Å². The highest BCUT2D eigenvalue weighted by Gasteiger charge is 2.19. The Morgan fingerprint density at radius 1 is 0.686 bits per heavy atom. The maximum absolute atomic E-state index is 12.1. The predicted octanol–water partition coefficient (Wildman–Crippen LogP) is 6.85. The molecule has 0 unspecified atom stereocenters. The number of carbonyl (C=O) groups is 4. The van der Waals surface area contributed by atoms with Crippen LogP contribution in [0.25, 0.3) is 10.9 Å². The fraction of sp³-hybridized carbons (Fsp3) is 0.308. The van der Waals surface area contributed by atoms with Crippen molar-refractivity contribution >= 4 is 63.7 Å². The fourth-order valence-electron chi connectivity index (χ4n) is 7.24. The molecule has 1 aliphatic heterocycles. The average Bonchev–Trinajstić information content (AvgIpc) is 3.69. The van der Waals surface area contributed by atoms with Crippen LogP contribution in [0.4, 0.5) is 10.5 Å². The summed E-state index contributed by atoms with van der Waals surface area (Å²) >= 11 is 12.9. The highest BCUT2D eigenvalue weighted by molar-refractivity contribution is 6.36. The molecule has 16 nitrogen and oxygen atoms in total. The van der Waals surface area contributed by atoms with Crippen molar-refractivity contribution in [2.24, 2.45) is 22.9 Å². The summed E-state index contributed by atoms with van der Waals surface area (Å²) in [4.78, 5) is 48.0. The van der Waals surface area contributed by atoms with Gasteiger partial charge in [0.1, 0.15) is 18.6 Å². The molecule has 0 saturated carbocycles. The number of nitrogens with two attached hydrogens (primary N) is 4. The van der Waals surface area contributed by atoms with E-state index < -0.39 is 42.6 Å². The van der Waals surface area contributed by atoms with Crippen molar-refractivity contribution in [3.05, 3.63) is 171 Å². The van der Waals surface area contributed by atoms with E-state index in [2.05, 4.69) is 62.5 Å². The first-order valence-corrected chi connectivity index (χ1v) is 23.6. The van der Waals surface area contributed by atoms with E-state index in [-0.39, 0.29) is 6.04 Å². The topological polar surface area (TPSA) is 269 Å². The summed E-state index contributed by atoms with van der Waals surface area (Å²) in [6.45, 7) is 5.45. The Morgan fingerprint density at radius 3 is 1.77 bits per heavy atom. The van der Waals surface area contributed by atoms with Gasteiger partial charge in [-0.3, -0.25) is 19.3 Å². The van der Waals surface area contributed by atoms with Crippen LogP contribution >= 0.6 is 23.2 Å². The molecule has 6 aromatic rings. The second-order valence-corrected chi connectivity index (χ2v) is 17.5. The van der Waals surface area contributed by atoms with Gasteiger partial charge in [-0.05, 0) is 85.4 Å². The van der Waals surface area contributed by atoms with Gasteiger partial charge in [0.2, 0.25) is 0 Å². The summed E-state index contributed by atoms with van der Waals surface area (Å²) < 4.78 is 2.13. The molecule has 13 N–H and O–H groups in total. The SMILES string of the molecule is CN1CCN(Cc2cn(Cc3c(Cl)cccc3Cl)c3ccc(NC(=O)NCC(=O)O)cc23)CC1.NC(c1ccccc1)c1ccccc1.NCCCC[C@H](N)C(=O)O.N[C@@H](Cc1ccccc1)C(=O)O. The molecule has 0 bridgehead atoms. The molecule has 374 valence electrons. The van der Waals surface area contributed by atoms with E-state index in [9.17, 15) is 19.2 Å². The van der Waals surface area contributed by atoms with Gasteiger partial charge in [-0.15, -0.1) is 0 Å². The first-order valence-electron chi connectivity index (χ1n) is 22.8. The monoisotopic (exact) mass is 997 g/mol. The lowest BCUT2D eigenvalue weighted by molar-refractivity contribution is -0.139. The average molecular weight is 999 g/mol. The molecule has 2 heterocycles. The molecule has 2 amide bonds. The van der Waals surface area contributed by atoms with Crippen molar-refractivity contribution in [3.8, 4) is 0 Å². The number of unbranched alkanes of at least 4 members (excludes halogenated alkanes) is 1. The lowest BCUT2D eigenvalue weighted by atomic mass is 10.00. The smallest absolute Gasteiger partial charge is 0.323 e. The summed E-state index contributed by atoms with van der Waals surface area (Å²) in [7, 11) is 2.13. The van der Waals surface area contributed by atoms with E-state index in [0.29, 0.717) is 41.7 Å². The number of carboxylic acid groups (broad SMARTS) is 3. The van der Waals surface area contributed by atoms with Crippen molar-refractivity contribution in [1.29, 1.82) is 0 Å². The molecule has 1 fully saturated rings. The molecule has 1 aliphatic rings. The van der Waals surface area contributed by atoms with E-state index >= 15 is 0 Å². The Kier molecular flexibility index (Phi) is 23.8. The van der Waals surface area contributed by atoms with Gasteiger partial charge in [-0.2, -0.15) is 0 Å². The number of piperazine rings is 1. The predicted molar refractivity (Wildman–Crippen MR) is 278 cm³/mol. The van der Waals surface area contributed by atoms with Gasteiger partial charge in [0.15, 0.2) is 0 Å². The third kappa shape index (κ3) is 19.2. The Balaban J connectivity index is 0.000000241. The molecule has 0 spiro atoms. The highest BCUT2D eigenvalue weighted by atomic mass is 35.5. The molecule has 0 radical (unpaired) electrons. The number of carboxylic acids is 3. The normalized spacial score (nSPS) is 13.3. The van der Waals surface area contributed by atoms with E-state index in [1.165, 1.54) is 0 Å². The van der Waals surface area contributed by atoms with Crippen LogP contribution in [0, 0.1) is 0 Å². The molecule has 0 aliphatic carbocycles. The molecule has 5 aromatic carbocycles. The van der Waals surface area contributed by atoms with Gasteiger partial charge in [0.25, 0.3) is 0 Å². The summed E-state index contributed by atoms with van der Waals surface area (Å²) in [6.07, 6.45) is 4.67. The van der Waals surface area contributed by atoms with Gasteiger partial charge in [0, 0.05) is 71.1 Å². The van der Waals surface area contributed by atoms with Crippen molar-refractivity contribution in [2.75, 3.05) is 51.6 Å². The number of benzene rings is 5. The Bertz CT molecular complexity index is 2490. The number of hydrogen-bond acceptors (Lipinski definition) is 10. The Morgan fingerprint density at radius 2 is 1.24 bits per heavy atom. The quantitative estimate of drug-likeness (QED) is 0.0424. The van der Waals surface area contributed by atoms with Gasteiger partial charge in [-0.1, -0.05) is 127 Å². The summed E-state index contributed by atoms with van der Waals surface area (Å²) in [5.41, 5.74) is 28.7. The van der Waals surface area contributed by atoms with Crippen LogP contribution < -0.4 is 33.6 Å². The maximum Gasteiger partial charge on any atom is 0.323 e. The number of likely N-dealkylation sites (N-methyl/N-ethyl adjacent to an activating group) is 1. The van der Waals surface area contributed by atoms with Crippen LogP contribution in [0.1, 0.15) is 53.1 Å². The Labute approximate surface area is 419 Å². The van der Waals surface area contributed by atoms with Crippen molar-refractivity contribution in [3.63, 3.8) is 0 Å². The number of fused-ring (bicyclic) bond motifs is 1. The zero-order chi connectivity index (χ0) is 51.0. The zero-order valence-electron chi connectivity index (χ0n) is 39.3. The third-order valence-electron chi connectivity index (χ3n) is 11.2. The van der Waals surface area contributed by atoms with Gasteiger partial charge < -0.3 is 58.4 Å². The lowest BCUT2D eigenvalue weighted by Gasteiger charge is -2.32. The number of anilines is 1. The van der Waals surface area contributed by atoms with Gasteiger partial charge >= 0.3 is 23.9 Å². The molecule has 2 atom stereocenters. The molecule has 1 aromatic heterocycles. The minimum atomic E-state index is -1.10. The molecule has 7 rings (SSSR count). The summed E-state index contributed by atoms with van der Waals surface area (Å²) in [5.74, 6) is -2.99. The largest absolute Gasteiger partial charge is 0.480 e. The molecule has 70 heavy (non-hydrogen) atoms. The minimum Gasteiger partial charge on any atom is -0.480 e. The number of aliphatic carboxylic acids is 3. The van der Waals surface area contributed by atoms with Crippen molar-refractivity contribution in [1.82, 2.24) is 19.7 Å². The van der Waals surface area contributed by atoms with Gasteiger partial charge in [-0.25, -0.2) is 4.79 Å². The van der Waals surface area contributed by atoms with Crippen LogP contribution in [0.3, 0.4) is 0 Å². The number of amides is 2. The number of rotatable bonds is 17. The lowest BCUT2D eigenvalue weighted by Crippen LogP contribution is -2.43. The minimum absolute atomic E-state index is 0.0163. The number of halogens is 2. The van der Waals surface area contributed by atoms with Crippen LogP contribution in [0.5, 0.6) is 0 Å². The number of carbonyl (C=O) groups excluding carboxylic acids is 1. The number of aromatic nitrogens is 1.